The average Bonchev–Trinajstić information content (AvgIpc) is 2.73. The highest BCUT2D eigenvalue weighted by molar-refractivity contribution is 6.40. The lowest BCUT2D eigenvalue weighted by Crippen LogP contribution is -2.30. The highest BCUT2D eigenvalue weighted by atomic mass is 16.4. The van der Waals surface area contributed by atoms with Gasteiger partial charge in [0.15, 0.2) is 0 Å². The number of carbonyl (C=O) groups excluding carboxylic acids is 1. The molecule has 1 heterocycles. The summed E-state index contributed by atoms with van der Waals surface area (Å²) in [6.07, 6.45) is 1.26. The maximum Gasteiger partial charge on any atom is 0.451 e. The summed E-state index contributed by atoms with van der Waals surface area (Å²) in [6.45, 7) is 0.284. The van der Waals surface area contributed by atoms with E-state index in [9.17, 15) is 9.59 Å². The monoisotopic (exact) mass is 273 g/mol. The van der Waals surface area contributed by atoms with Crippen LogP contribution in [-0.2, 0) is 9.59 Å². The van der Waals surface area contributed by atoms with Crippen molar-refractivity contribution in [1.29, 1.82) is 0 Å². The van der Waals surface area contributed by atoms with Crippen molar-refractivity contribution in [2.75, 3.05) is 19.7 Å². The van der Waals surface area contributed by atoms with Crippen LogP contribution in [0.2, 0.25) is 6.32 Å². The minimum absolute atomic E-state index is 0.00835. The summed E-state index contributed by atoms with van der Waals surface area (Å²) in [5.41, 5.74) is 0. The van der Waals surface area contributed by atoms with Gasteiger partial charge in [0, 0.05) is 19.5 Å². The molecule has 0 bridgehead atoms. The zero-order valence-electron chi connectivity index (χ0n) is 10.7. The average molecular weight is 273 g/mol. The third-order valence-corrected chi connectivity index (χ3v) is 3.47. The van der Waals surface area contributed by atoms with Crippen LogP contribution in [0.25, 0.3) is 0 Å². The molecule has 2 unspecified atom stereocenters. The molecule has 19 heavy (non-hydrogen) atoms. The summed E-state index contributed by atoms with van der Waals surface area (Å²) < 4.78 is 0. The van der Waals surface area contributed by atoms with E-state index >= 15 is 0 Å². The lowest BCUT2D eigenvalue weighted by molar-refractivity contribution is -0.142. The van der Waals surface area contributed by atoms with Gasteiger partial charge in [-0.25, -0.2) is 0 Å². The molecule has 0 spiro atoms. The van der Waals surface area contributed by atoms with Crippen LogP contribution in [0.4, 0.5) is 0 Å². The van der Waals surface area contributed by atoms with E-state index in [0.717, 1.165) is 0 Å². The minimum atomic E-state index is -1.38. The Morgan fingerprint density at radius 3 is 2.47 bits per heavy atom. The molecule has 1 rings (SSSR count). The number of nitrogens with zero attached hydrogens (tertiary/aromatic N) is 1. The number of hydrogen-bond donors (Lipinski definition) is 4. The van der Waals surface area contributed by atoms with Crippen molar-refractivity contribution in [1.82, 2.24) is 4.90 Å². The van der Waals surface area contributed by atoms with Gasteiger partial charge in [-0.15, -0.1) is 0 Å². The molecule has 1 fully saturated rings. The largest absolute Gasteiger partial charge is 0.481 e. The maximum atomic E-state index is 11.6. The summed E-state index contributed by atoms with van der Waals surface area (Å²) >= 11 is 0. The van der Waals surface area contributed by atoms with Crippen molar-refractivity contribution in [2.45, 2.75) is 25.6 Å². The van der Waals surface area contributed by atoms with Crippen molar-refractivity contribution < 1.29 is 29.9 Å². The highest BCUT2D eigenvalue weighted by Crippen LogP contribution is 2.28. The van der Waals surface area contributed by atoms with Crippen LogP contribution in [-0.4, -0.2) is 63.9 Å². The lowest BCUT2D eigenvalue weighted by Gasteiger charge is -2.15. The molecule has 2 atom stereocenters. The number of aliphatic hydroxyl groups excluding tert-OH is 1. The summed E-state index contributed by atoms with van der Waals surface area (Å²) in [5.74, 6) is -1.95. The molecule has 0 aromatic heterocycles. The Labute approximate surface area is 112 Å². The fourth-order valence-corrected chi connectivity index (χ4v) is 2.46. The second-order valence-corrected chi connectivity index (χ2v) is 4.89. The van der Waals surface area contributed by atoms with Gasteiger partial charge in [-0.3, -0.25) is 9.59 Å². The van der Waals surface area contributed by atoms with Gasteiger partial charge in [-0.1, -0.05) is 6.42 Å². The Morgan fingerprint density at radius 2 is 1.95 bits per heavy atom. The zero-order valence-corrected chi connectivity index (χ0v) is 10.7. The Bertz CT molecular complexity index is 324. The van der Waals surface area contributed by atoms with Gasteiger partial charge in [0.25, 0.3) is 0 Å². The van der Waals surface area contributed by atoms with Crippen molar-refractivity contribution in [3.8, 4) is 0 Å². The molecule has 4 N–H and O–H groups in total. The van der Waals surface area contributed by atoms with Crippen LogP contribution in [0.5, 0.6) is 0 Å². The van der Waals surface area contributed by atoms with E-state index in [4.69, 9.17) is 20.3 Å². The molecule has 108 valence electrons. The molecule has 7 nitrogen and oxygen atoms in total. The Balaban J connectivity index is 2.53. The number of amides is 1. The van der Waals surface area contributed by atoms with E-state index in [1.807, 2.05) is 0 Å². The summed E-state index contributed by atoms with van der Waals surface area (Å²) in [5, 5.41) is 35.4. The Morgan fingerprint density at radius 1 is 1.26 bits per heavy atom. The quantitative estimate of drug-likeness (QED) is 0.432. The van der Waals surface area contributed by atoms with E-state index < -0.39 is 19.0 Å². The minimum Gasteiger partial charge on any atom is -0.481 e. The Hall–Kier alpha value is -1.12. The normalized spacial score (nSPS) is 22.6. The van der Waals surface area contributed by atoms with E-state index in [2.05, 4.69) is 0 Å². The van der Waals surface area contributed by atoms with E-state index in [-0.39, 0.29) is 37.7 Å². The fraction of sp³-hybridized carbons (Fsp3) is 0.818. The van der Waals surface area contributed by atoms with Gasteiger partial charge in [-0.05, 0) is 18.7 Å². The molecular weight excluding hydrogens is 253 g/mol. The van der Waals surface area contributed by atoms with Gasteiger partial charge in [-0.2, -0.15) is 0 Å². The summed E-state index contributed by atoms with van der Waals surface area (Å²) in [6, 6.07) is 0. The molecule has 1 saturated heterocycles. The van der Waals surface area contributed by atoms with Crippen molar-refractivity contribution >= 4 is 19.0 Å². The first-order chi connectivity index (χ1) is 8.95. The third-order valence-electron chi connectivity index (χ3n) is 3.47. The lowest BCUT2D eigenvalue weighted by atomic mass is 9.80. The second-order valence-electron chi connectivity index (χ2n) is 4.89. The zero-order chi connectivity index (χ0) is 14.4. The number of aliphatic carboxylic acids is 1. The number of aliphatic hydroxyl groups is 1. The number of carbonyl (C=O) groups is 2. The number of carboxylic acid groups (broad SMARTS) is 1. The van der Waals surface area contributed by atoms with Gasteiger partial charge in [0.05, 0.1) is 12.5 Å². The van der Waals surface area contributed by atoms with E-state index in [0.29, 0.717) is 19.4 Å². The van der Waals surface area contributed by atoms with Crippen LogP contribution in [0.1, 0.15) is 19.3 Å². The molecule has 1 aliphatic heterocycles. The molecular formula is C11H20BNO6. The topological polar surface area (TPSA) is 118 Å². The van der Waals surface area contributed by atoms with Crippen LogP contribution >= 0.6 is 0 Å². The predicted octanol–water partition coefficient (Wildman–Crippen LogP) is -1.22. The molecule has 0 aromatic rings. The first-order valence-corrected chi connectivity index (χ1v) is 6.43. The summed E-state index contributed by atoms with van der Waals surface area (Å²) in [7, 11) is -1.38. The smallest absolute Gasteiger partial charge is 0.451 e. The van der Waals surface area contributed by atoms with Gasteiger partial charge >= 0.3 is 13.1 Å². The fourth-order valence-electron chi connectivity index (χ4n) is 2.46. The third kappa shape index (κ3) is 4.81. The van der Waals surface area contributed by atoms with Crippen LogP contribution in [0.15, 0.2) is 0 Å². The molecule has 0 saturated carbocycles. The molecule has 0 aliphatic carbocycles. The van der Waals surface area contributed by atoms with E-state index in [1.54, 1.807) is 0 Å². The van der Waals surface area contributed by atoms with Gasteiger partial charge < -0.3 is 25.2 Å². The van der Waals surface area contributed by atoms with Gasteiger partial charge in [0.1, 0.15) is 0 Å². The number of carboxylic acids is 1. The second kappa shape index (κ2) is 7.47. The van der Waals surface area contributed by atoms with Crippen LogP contribution in [0, 0.1) is 11.8 Å². The van der Waals surface area contributed by atoms with Crippen LogP contribution in [0.3, 0.4) is 0 Å². The summed E-state index contributed by atoms with van der Waals surface area (Å²) in [4.78, 5) is 24.3. The molecule has 8 heteroatoms. The SMILES string of the molecule is O=C(O)C1CN(C(=O)CCO)CC1CCCB(O)O. The van der Waals surface area contributed by atoms with Crippen molar-refractivity contribution in [2.24, 2.45) is 11.8 Å². The predicted molar refractivity (Wildman–Crippen MR) is 67.1 cm³/mol. The first-order valence-electron chi connectivity index (χ1n) is 6.43. The molecule has 0 aromatic carbocycles. The first kappa shape index (κ1) is 15.9. The Kier molecular flexibility index (Phi) is 6.27. The molecule has 0 radical (unpaired) electrons. The molecule has 1 amide bonds. The highest BCUT2D eigenvalue weighted by Gasteiger charge is 2.38. The van der Waals surface area contributed by atoms with E-state index in [1.165, 1.54) is 4.90 Å². The maximum absolute atomic E-state index is 11.6. The van der Waals surface area contributed by atoms with Gasteiger partial charge in [0.2, 0.25) is 5.91 Å². The van der Waals surface area contributed by atoms with Crippen LogP contribution < -0.4 is 0 Å². The van der Waals surface area contributed by atoms with Crippen molar-refractivity contribution in [3.05, 3.63) is 0 Å². The number of rotatable bonds is 7. The van der Waals surface area contributed by atoms with Crippen molar-refractivity contribution in [3.63, 3.8) is 0 Å². The standard InChI is InChI=1S/C11H20BNO6/c14-5-3-10(15)13-6-8(2-1-4-12(18)19)9(7-13)11(16)17/h8-9,14,18-19H,1-7H2,(H,16,17). The number of hydrogen-bond acceptors (Lipinski definition) is 5. The molecule has 1 aliphatic rings. The number of likely N-dealkylation sites (tertiary alicyclic amines) is 1.